The minimum atomic E-state index is -1.89. The maximum absolute atomic E-state index is 10.5. The minimum absolute atomic E-state index is 0.430. The van der Waals surface area contributed by atoms with E-state index < -0.39 is 14.4 Å². The lowest BCUT2D eigenvalue weighted by Crippen LogP contribution is -2.49. The number of allylic oxidation sites excluding steroid dienone is 3. The first-order valence-corrected chi connectivity index (χ1v) is 11.1. The third kappa shape index (κ3) is 5.20. The van der Waals surface area contributed by atoms with Gasteiger partial charge in [0.05, 0.1) is 25.6 Å². The van der Waals surface area contributed by atoms with Gasteiger partial charge in [0.25, 0.3) is 0 Å². The summed E-state index contributed by atoms with van der Waals surface area (Å²) in [5.41, 5.74) is 2.90. The smallest absolute Gasteiger partial charge is 0.200 e. The number of rotatable bonds is 9. The summed E-state index contributed by atoms with van der Waals surface area (Å²) in [4.78, 5) is 0. The molecular formula is C19H36O3Si. The van der Waals surface area contributed by atoms with E-state index in [2.05, 4.69) is 53.7 Å². The molecule has 134 valence electrons. The highest BCUT2D eigenvalue weighted by Crippen LogP contribution is 2.42. The van der Waals surface area contributed by atoms with Gasteiger partial charge in [0.2, 0.25) is 0 Å². The SMILES string of the molecule is COC1=CCC=C(C[C@@H](O)CO[Si](C(C)C)(C(C)C)C(C)C)C1. The van der Waals surface area contributed by atoms with Gasteiger partial charge in [-0.1, -0.05) is 53.2 Å². The fourth-order valence-electron chi connectivity index (χ4n) is 4.14. The molecule has 23 heavy (non-hydrogen) atoms. The van der Waals surface area contributed by atoms with Gasteiger partial charge < -0.3 is 14.3 Å². The molecule has 0 aromatic heterocycles. The predicted octanol–water partition coefficient (Wildman–Crippen LogP) is 5.18. The average molecular weight is 341 g/mol. The molecule has 0 fully saturated rings. The topological polar surface area (TPSA) is 38.7 Å². The van der Waals surface area contributed by atoms with Gasteiger partial charge in [-0.15, -0.1) is 0 Å². The Kier molecular flexibility index (Phi) is 8.05. The van der Waals surface area contributed by atoms with Crippen molar-refractivity contribution in [1.29, 1.82) is 0 Å². The summed E-state index contributed by atoms with van der Waals surface area (Å²) in [7, 11) is -0.182. The fraction of sp³-hybridized carbons (Fsp3) is 0.789. The van der Waals surface area contributed by atoms with Crippen LogP contribution in [0.2, 0.25) is 16.6 Å². The van der Waals surface area contributed by atoms with Crippen LogP contribution in [0.5, 0.6) is 0 Å². The first kappa shape index (κ1) is 20.5. The number of methoxy groups -OCH3 is 1. The minimum Gasteiger partial charge on any atom is -0.501 e. The quantitative estimate of drug-likeness (QED) is 0.464. The van der Waals surface area contributed by atoms with Gasteiger partial charge in [-0.25, -0.2) is 0 Å². The van der Waals surface area contributed by atoms with Crippen LogP contribution in [0.4, 0.5) is 0 Å². The maximum atomic E-state index is 10.5. The van der Waals surface area contributed by atoms with E-state index in [1.165, 1.54) is 5.57 Å². The molecule has 0 unspecified atom stereocenters. The third-order valence-electron chi connectivity index (χ3n) is 5.15. The zero-order valence-corrected chi connectivity index (χ0v) is 17.1. The standard InChI is InChI=1S/C19H36O3Si/c1-14(2)23(15(3)4,16(5)6)22-13-18(20)11-17-9-8-10-19(12-17)21-7/h9-10,14-16,18,20H,8,11-13H2,1-7H3/t18-/m1/s1. The van der Waals surface area contributed by atoms with E-state index >= 15 is 0 Å². The van der Waals surface area contributed by atoms with Crippen LogP contribution >= 0.6 is 0 Å². The van der Waals surface area contributed by atoms with E-state index in [0.717, 1.165) is 18.6 Å². The molecule has 0 aliphatic heterocycles. The summed E-state index contributed by atoms with van der Waals surface area (Å²) in [6.45, 7) is 14.1. The molecule has 0 saturated carbocycles. The zero-order chi connectivity index (χ0) is 17.6. The summed E-state index contributed by atoms with van der Waals surface area (Å²) < 4.78 is 11.8. The molecule has 0 aromatic carbocycles. The second-order valence-electron chi connectivity index (χ2n) is 7.64. The van der Waals surface area contributed by atoms with Crippen LogP contribution in [0.25, 0.3) is 0 Å². The Morgan fingerprint density at radius 2 is 1.61 bits per heavy atom. The van der Waals surface area contributed by atoms with Crippen LogP contribution in [0.15, 0.2) is 23.5 Å². The second-order valence-corrected chi connectivity index (χ2v) is 13.1. The molecule has 3 nitrogen and oxygen atoms in total. The largest absolute Gasteiger partial charge is 0.501 e. The summed E-state index contributed by atoms with van der Waals surface area (Å²) in [6, 6.07) is 0. The third-order valence-corrected chi connectivity index (χ3v) is 11.2. The van der Waals surface area contributed by atoms with Crippen molar-refractivity contribution in [2.24, 2.45) is 0 Å². The first-order chi connectivity index (χ1) is 10.7. The highest BCUT2D eigenvalue weighted by molar-refractivity contribution is 6.77. The predicted molar refractivity (Wildman–Crippen MR) is 100 cm³/mol. The van der Waals surface area contributed by atoms with Gasteiger partial charge in [0.15, 0.2) is 8.32 Å². The summed E-state index contributed by atoms with van der Waals surface area (Å²) in [6.07, 6.45) is 6.26. The van der Waals surface area contributed by atoms with Crippen LogP contribution in [0.3, 0.4) is 0 Å². The molecule has 0 spiro atoms. The number of ether oxygens (including phenoxy) is 1. The van der Waals surface area contributed by atoms with Crippen molar-refractivity contribution in [3.05, 3.63) is 23.5 Å². The van der Waals surface area contributed by atoms with Gasteiger partial charge in [0.1, 0.15) is 0 Å². The molecule has 1 rings (SSSR count). The van der Waals surface area contributed by atoms with E-state index in [1.807, 2.05) is 0 Å². The molecule has 1 aliphatic rings. The van der Waals surface area contributed by atoms with Crippen molar-refractivity contribution < 1.29 is 14.3 Å². The number of aliphatic hydroxyl groups is 1. The van der Waals surface area contributed by atoms with Crippen LogP contribution in [0, 0.1) is 0 Å². The number of hydrogen-bond acceptors (Lipinski definition) is 3. The molecule has 0 aromatic rings. The summed E-state index contributed by atoms with van der Waals surface area (Å²) in [5.74, 6) is 1.01. The lowest BCUT2D eigenvalue weighted by atomic mass is 9.99. The Labute approximate surface area is 143 Å². The van der Waals surface area contributed by atoms with Gasteiger partial charge in [-0.2, -0.15) is 0 Å². The molecule has 1 atom stereocenters. The maximum Gasteiger partial charge on any atom is 0.200 e. The molecule has 0 heterocycles. The number of aliphatic hydroxyl groups excluding tert-OH is 1. The Morgan fingerprint density at radius 1 is 1.04 bits per heavy atom. The van der Waals surface area contributed by atoms with Gasteiger partial charge >= 0.3 is 0 Å². The molecule has 0 bridgehead atoms. The van der Waals surface area contributed by atoms with Crippen molar-refractivity contribution in [3.8, 4) is 0 Å². The first-order valence-electron chi connectivity index (χ1n) is 8.96. The molecule has 0 amide bonds. The van der Waals surface area contributed by atoms with Crippen molar-refractivity contribution in [2.75, 3.05) is 13.7 Å². The Hall–Kier alpha value is -0.583. The Balaban J connectivity index is 2.63. The van der Waals surface area contributed by atoms with Gasteiger partial charge in [-0.05, 0) is 35.5 Å². The van der Waals surface area contributed by atoms with Crippen LogP contribution in [0.1, 0.15) is 60.8 Å². The lowest BCUT2D eigenvalue weighted by Gasteiger charge is -2.42. The zero-order valence-electron chi connectivity index (χ0n) is 16.1. The normalized spacial score (nSPS) is 17.5. The molecule has 0 saturated heterocycles. The Bertz CT molecular complexity index is 403. The van der Waals surface area contributed by atoms with Crippen LogP contribution < -0.4 is 0 Å². The van der Waals surface area contributed by atoms with Crippen molar-refractivity contribution >= 4 is 8.32 Å². The van der Waals surface area contributed by atoms with E-state index in [4.69, 9.17) is 9.16 Å². The molecule has 4 heteroatoms. The van der Waals surface area contributed by atoms with Crippen LogP contribution in [-0.4, -0.2) is 33.2 Å². The van der Waals surface area contributed by atoms with Crippen LogP contribution in [-0.2, 0) is 9.16 Å². The number of hydrogen-bond donors (Lipinski definition) is 1. The van der Waals surface area contributed by atoms with E-state index in [1.54, 1.807) is 7.11 Å². The molecular weight excluding hydrogens is 304 g/mol. The monoisotopic (exact) mass is 340 g/mol. The lowest BCUT2D eigenvalue weighted by molar-refractivity contribution is 0.0966. The summed E-state index contributed by atoms with van der Waals surface area (Å²) >= 11 is 0. The van der Waals surface area contributed by atoms with E-state index in [9.17, 15) is 5.11 Å². The van der Waals surface area contributed by atoms with Crippen molar-refractivity contribution in [3.63, 3.8) is 0 Å². The highest BCUT2D eigenvalue weighted by Gasteiger charge is 2.45. The van der Waals surface area contributed by atoms with Gasteiger partial charge in [-0.3, -0.25) is 0 Å². The molecule has 0 radical (unpaired) electrons. The van der Waals surface area contributed by atoms with E-state index in [-0.39, 0.29) is 0 Å². The van der Waals surface area contributed by atoms with E-state index in [0.29, 0.717) is 29.7 Å². The Morgan fingerprint density at radius 3 is 2.09 bits per heavy atom. The molecule has 1 aliphatic carbocycles. The average Bonchev–Trinajstić information content (AvgIpc) is 2.46. The summed E-state index contributed by atoms with van der Waals surface area (Å²) in [5, 5.41) is 10.5. The van der Waals surface area contributed by atoms with Crippen molar-refractivity contribution in [2.45, 2.75) is 83.5 Å². The molecule has 1 N–H and O–H groups in total. The van der Waals surface area contributed by atoms with Gasteiger partial charge in [0, 0.05) is 6.42 Å². The second kappa shape index (κ2) is 9.05. The van der Waals surface area contributed by atoms with Crippen molar-refractivity contribution in [1.82, 2.24) is 0 Å². The highest BCUT2D eigenvalue weighted by atomic mass is 28.4. The fourth-order valence-corrected chi connectivity index (χ4v) is 9.62.